The molecule has 0 unspecified atom stereocenters. The van der Waals surface area contributed by atoms with Crippen molar-refractivity contribution in [2.24, 2.45) is 5.92 Å². The number of halogens is 1. The van der Waals surface area contributed by atoms with Crippen molar-refractivity contribution < 1.29 is 19.8 Å². The van der Waals surface area contributed by atoms with Gasteiger partial charge in [-0.2, -0.15) is 0 Å². The standard InChI is InChI=1S/C15H20ClNO4/c1-9(2)7-13(18)14(19)17-12(15(20)21)8-10-3-5-11(16)6-4-10/h3-6,9,12-13,18H,7-8H2,1-2H3,(H,17,19)(H,20,21)/t12-,13-/m1/s1. The molecule has 3 N–H and O–H groups in total. The third kappa shape index (κ3) is 6.14. The molecule has 1 aromatic carbocycles. The normalized spacial score (nSPS) is 13.8. The number of hydrogen-bond acceptors (Lipinski definition) is 3. The molecule has 6 heteroatoms. The summed E-state index contributed by atoms with van der Waals surface area (Å²) in [6.07, 6.45) is -0.775. The zero-order valence-electron chi connectivity index (χ0n) is 12.0. The second-order valence-corrected chi connectivity index (χ2v) is 5.81. The Morgan fingerprint density at radius 3 is 2.29 bits per heavy atom. The van der Waals surface area contributed by atoms with Crippen LogP contribution in [0.5, 0.6) is 0 Å². The number of aliphatic hydroxyl groups excluding tert-OH is 1. The van der Waals surface area contributed by atoms with Crippen molar-refractivity contribution in [3.8, 4) is 0 Å². The molecule has 0 aliphatic carbocycles. The van der Waals surface area contributed by atoms with Crippen molar-refractivity contribution >= 4 is 23.5 Å². The Balaban J connectivity index is 2.67. The molecule has 0 bridgehead atoms. The highest BCUT2D eigenvalue weighted by Crippen LogP contribution is 2.12. The minimum atomic E-state index is -1.20. The third-order valence-electron chi connectivity index (χ3n) is 2.96. The fraction of sp³-hybridized carbons (Fsp3) is 0.467. The van der Waals surface area contributed by atoms with Gasteiger partial charge in [-0.15, -0.1) is 0 Å². The lowest BCUT2D eigenvalue weighted by molar-refractivity contribution is -0.143. The van der Waals surface area contributed by atoms with Gasteiger partial charge in [0.15, 0.2) is 0 Å². The van der Waals surface area contributed by atoms with Gasteiger partial charge in [0.25, 0.3) is 0 Å². The van der Waals surface area contributed by atoms with E-state index in [1.165, 1.54) is 0 Å². The van der Waals surface area contributed by atoms with Crippen LogP contribution >= 0.6 is 11.6 Å². The van der Waals surface area contributed by atoms with Gasteiger partial charge in [-0.05, 0) is 30.0 Å². The predicted octanol–water partition coefficient (Wildman–Crippen LogP) is 1.86. The lowest BCUT2D eigenvalue weighted by Crippen LogP contribution is -2.46. The van der Waals surface area contributed by atoms with Crippen LogP contribution in [0.25, 0.3) is 0 Å². The largest absolute Gasteiger partial charge is 0.480 e. The van der Waals surface area contributed by atoms with E-state index in [2.05, 4.69) is 5.32 Å². The first-order valence-corrected chi connectivity index (χ1v) is 7.13. The van der Waals surface area contributed by atoms with E-state index < -0.39 is 24.0 Å². The van der Waals surface area contributed by atoms with Crippen LogP contribution in [0.2, 0.25) is 5.02 Å². The summed E-state index contributed by atoms with van der Waals surface area (Å²) in [6.45, 7) is 3.75. The van der Waals surface area contributed by atoms with Crippen molar-refractivity contribution in [3.63, 3.8) is 0 Å². The van der Waals surface area contributed by atoms with E-state index in [4.69, 9.17) is 11.6 Å². The van der Waals surface area contributed by atoms with Gasteiger partial charge < -0.3 is 15.5 Å². The van der Waals surface area contributed by atoms with Crippen molar-refractivity contribution in [3.05, 3.63) is 34.9 Å². The van der Waals surface area contributed by atoms with E-state index in [1.54, 1.807) is 24.3 Å². The number of carboxylic acids is 1. The Kier molecular flexibility index (Phi) is 6.65. The summed E-state index contributed by atoms with van der Waals surface area (Å²) >= 11 is 5.77. The monoisotopic (exact) mass is 313 g/mol. The lowest BCUT2D eigenvalue weighted by atomic mass is 10.0. The number of benzene rings is 1. The minimum absolute atomic E-state index is 0.132. The van der Waals surface area contributed by atoms with Gasteiger partial charge in [0, 0.05) is 11.4 Å². The van der Waals surface area contributed by atoms with Crippen LogP contribution in [0.3, 0.4) is 0 Å². The Hall–Kier alpha value is -1.59. The number of carbonyl (C=O) groups is 2. The van der Waals surface area contributed by atoms with Crippen molar-refractivity contribution in [2.45, 2.75) is 38.8 Å². The highest BCUT2D eigenvalue weighted by molar-refractivity contribution is 6.30. The summed E-state index contributed by atoms with van der Waals surface area (Å²) < 4.78 is 0. The van der Waals surface area contributed by atoms with Gasteiger partial charge in [-0.1, -0.05) is 37.6 Å². The molecule has 0 aliphatic rings. The maximum atomic E-state index is 11.8. The molecular formula is C15H20ClNO4. The predicted molar refractivity (Wildman–Crippen MR) is 80.2 cm³/mol. The van der Waals surface area contributed by atoms with Crippen molar-refractivity contribution in [1.82, 2.24) is 5.32 Å². The van der Waals surface area contributed by atoms with Gasteiger partial charge in [0.2, 0.25) is 5.91 Å². The molecule has 0 aliphatic heterocycles. The number of amides is 1. The smallest absolute Gasteiger partial charge is 0.326 e. The fourth-order valence-corrected chi connectivity index (χ4v) is 2.00. The molecule has 1 amide bonds. The van der Waals surface area contributed by atoms with E-state index in [0.717, 1.165) is 5.56 Å². The minimum Gasteiger partial charge on any atom is -0.480 e. The summed E-state index contributed by atoms with van der Waals surface area (Å²) in [5.41, 5.74) is 0.741. The quantitative estimate of drug-likeness (QED) is 0.717. The second kappa shape index (κ2) is 8.00. The summed E-state index contributed by atoms with van der Waals surface area (Å²) in [7, 11) is 0. The zero-order valence-corrected chi connectivity index (χ0v) is 12.8. The number of nitrogens with one attached hydrogen (secondary N) is 1. The van der Waals surface area contributed by atoms with Crippen LogP contribution in [0.1, 0.15) is 25.8 Å². The maximum Gasteiger partial charge on any atom is 0.326 e. The van der Waals surface area contributed by atoms with Crippen LogP contribution in [0, 0.1) is 5.92 Å². The fourth-order valence-electron chi connectivity index (χ4n) is 1.88. The molecule has 0 radical (unpaired) electrons. The molecule has 0 saturated heterocycles. The summed E-state index contributed by atoms with van der Waals surface area (Å²) in [4.78, 5) is 23.0. The first-order chi connectivity index (χ1) is 9.79. The third-order valence-corrected chi connectivity index (χ3v) is 3.22. The molecule has 1 rings (SSSR count). The molecular weight excluding hydrogens is 294 g/mol. The maximum absolute atomic E-state index is 11.8. The Bertz CT molecular complexity index is 487. The average molecular weight is 314 g/mol. The number of carboxylic acid groups (broad SMARTS) is 1. The Labute approximate surface area is 128 Å². The Morgan fingerprint density at radius 2 is 1.81 bits per heavy atom. The molecule has 5 nitrogen and oxygen atoms in total. The molecule has 1 aromatic rings. The number of hydrogen-bond donors (Lipinski definition) is 3. The van der Waals surface area contributed by atoms with Crippen molar-refractivity contribution in [1.29, 1.82) is 0 Å². The lowest BCUT2D eigenvalue weighted by Gasteiger charge is -2.18. The van der Waals surface area contributed by atoms with E-state index in [9.17, 15) is 19.8 Å². The topological polar surface area (TPSA) is 86.6 Å². The van der Waals surface area contributed by atoms with Gasteiger partial charge in [0.05, 0.1) is 0 Å². The van der Waals surface area contributed by atoms with Gasteiger partial charge >= 0.3 is 5.97 Å². The number of carbonyl (C=O) groups excluding carboxylic acids is 1. The molecule has 0 fully saturated rings. The van der Waals surface area contributed by atoms with Crippen LogP contribution < -0.4 is 5.32 Å². The van der Waals surface area contributed by atoms with E-state index in [0.29, 0.717) is 11.4 Å². The molecule has 21 heavy (non-hydrogen) atoms. The van der Waals surface area contributed by atoms with E-state index >= 15 is 0 Å². The molecule has 0 saturated carbocycles. The number of aliphatic carboxylic acids is 1. The van der Waals surface area contributed by atoms with Crippen molar-refractivity contribution in [2.75, 3.05) is 0 Å². The van der Waals surface area contributed by atoms with Crippen LogP contribution in [-0.4, -0.2) is 34.2 Å². The van der Waals surface area contributed by atoms with E-state index in [1.807, 2.05) is 13.8 Å². The SMILES string of the molecule is CC(C)C[C@@H](O)C(=O)N[C@H](Cc1ccc(Cl)cc1)C(=O)O. The summed E-state index contributed by atoms with van der Waals surface area (Å²) in [6, 6.07) is 5.64. The first-order valence-electron chi connectivity index (χ1n) is 6.75. The molecule has 116 valence electrons. The van der Waals surface area contributed by atoms with Gasteiger partial charge in [-0.25, -0.2) is 4.79 Å². The molecule has 0 aromatic heterocycles. The molecule has 2 atom stereocenters. The highest BCUT2D eigenvalue weighted by atomic mass is 35.5. The zero-order chi connectivity index (χ0) is 16.0. The number of aliphatic hydroxyl groups is 1. The molecule has 0 spiro atoms. The Morgan fingerprint density at radius 1 is 1.24 bits per heavy atom. The van der Waals surface area contributed by atoms with Gasteiger partial charge in [0.1, 0.15) is 12.1 Å². The van der Waals surface area contributed by atoms with Crippen LogP contribution in [-0.2, 0) is 16.0 Å². The molecule has 0 heterocycles. The average Bonchev–Trinajstić information content (AvgIpc) is 2.39. The van der Waals surface area contributed by atoms with E-state index in [-0.39, 0.29) is 12.3 Å². The highest BCUT2D eigenvalue weighted by Gasteiger charge is 2.24. The summed E-state index contributed by atoms with van der Waals surface area (Å²) in [5, 5.41) is 21.8. The second-order valence-electron chi connectivity index (χ2n) is 5.38. The first kappa shape index (κ1) is 17.5. The summed E-state index contributed by atoms with van der Waals surface area (Å²) in [5.74, 6) is -1.66. The van der Waals surface area contributed by atoms with Crippen LogP contribution in [0.15, 0.2) is 24.3 Å². The van der Waals surface area contributed by atoms with Gasteiger partial charge in [-0.3, -0.25) is 4.79 Å². The van der Waals surface area contributed by atoms with Crippen LogP contribution in [0.4, 0.5) is 0 Å². The number of rotatable bonds is 7.